The molecule has 0 atom stereocenters. The van der Waals surface area contributed by atoms with Gasteiger partial charge < -0.3 is 11.1 Å². The van der Waals surface area contributed by atoms with Crippen LogP contribution in [0, 0.1) is 11.6 Å². The minimum atomic E-state index is -0.941. The van der Waals surface area contributed by atoms with Crippen molar-refractivity contribution in [2.24, 2.45) is 0 Å². The van der Waals surface area contributed by atoms with Gasteiger partial charge in [-0.25, -0.2) is 8.78 Å². The molecule has 0 fully saturated rings. The zero-order valence-corrected chi connectivity index (χ0v) is 10.3. The van der Waals surface area contributed by atoms with E-state index in [1.54, 1.807) is 0 Å². The average molecular weight is 283 g/mol. The van der Waals surface area contributed by atoms with Crippen molar-refractivity contribution in [1.29, 1.82) is 0 Å². The maximum absolute atomic E-state index is 13.4. The SMILES string of the molecule is Nc1ccc(NC(=O)c2c(F)cccc2F)c(Cl)c1. The van der Waals surface area contributed by atoms with Crippen LogP contribution in [0.25, 0.3) is 0 Å². The van der Waals surface area contributed by atoms with Gasteiger partial charge in [-0.15, -0.1) is 0 Å². The Morgan fingerprint density at radius 1 is 1.16 bits per heavy atom. The highest BCUT2D eigenvalue weighted by atomic mass is 35.5. The fraction of sp³-hybridized carbons (Fsp3) is 0. The smallest absolute Gasteiger partial charge is 0.261 e. The van der Waals surface area contributed by atoms with Crippen molar-refractivity contribution >= 4 is 28.9 Å². The van der Waals surface area contributed by atoms with Gasteiger partial charge in [0.1, 0.15) is 17.2 Å². The number of nitrogen functional groups attached to an aromatic ring is 1. The molecule has 0 radical (unpaired) electrons. The lowest BCUT2D eigenvalue weighted by Gasteiger charge is -2.09. The van der Waals surface area contributed by atoms with E-state index in [2.05, 4.69) is 5.32 Å². The topological polar surface area (TPSA) is 55.1 Å². The number of anilines is 2. The van der Waals surface area contributed by atoms with E-state index in [0.717, 1.165) is 12.1 Å². The lowest BCUT2D eigenvalue weighted by molar-refractivity contribution is 0.101. The number of nitrogens with one attached hydrogen (secondary N) is 1. The summed E-state index contributed by atoms with van der Waals surface area (Å²) in [4.78, 5) is 11.8. The number of nitrogens with two attached hydrogens (primary N) is 1. The Hall–Kier alpha value is -2.14. The monoisotopic (exact) mass is 282 g/mol. The molecule has 0 unspecified atom stereocenters. The van der Waals surface area contributed by atoms with Crippen molar-refractivity contribution in [3.8, 4) is 0 Å². The Kier molecular flexibility index (Phi) is 3.66. The highest BCUT2D eigenvalue weighted by molar-refractivity contribution is 6.34. The van der Waals surface area contributed by atoms with Gasteiger partial charge in [0.25, 0.3) is 5.91 Å². The molecule has 0 saturated carbocycles. The zero-order valence-electron chi connectivity index (χ0n) is 9.58. The third-order valence-corrected chi connectivity index (χ3v) is 2.74. The fourth-order valence-corrected chi connectivity index (χ4v) is 1.77. The Balaban J connectivity index is 2.31. The first-order valence-electron chi connectivity index (χ1n) is 5.29. The normalized spacial score (nSPS) is 10.3. The summed E-state index contributed by atoms with van der Waals surface area (Å²) in [5.41, 5.74) is 5.49. The van der Waals surface area contributed by atoms with Crippen LogP contribution in [-0.2, 0) is 0 Å². The number of hydrogen-bond acceptors (Lipinski definition) is 2. The lowest BCUT2D eigenvalue weighted by Crippen LogP contribution is -2.16. The molecule has 98 valence electrons. The maximum Gasteiger partial charge on any atom is 0.261 e. The number of hydrogen-bond donors (Lipinski definition) is 2. The zero-order chi connectivity index (χ0) is 14.0. The van der Waals surface area contributed by atoms with Gasteiger partial charge >= 0.3 is 0 Å². The summed E-state index contributed by atoms with van der Waals surface area (Å²) in [7, 11) is 0. The van der Waals surface area contributed by atoms with Gasteiger partial charge in [-0.05, 0) is 30.3 Å². The summed E-state index contributed by atoms with van der Waals surface area (Å²) < 4.78 is 26.8. The quantitative estimate of drug-likeness (QED) is 0.829. The van der Waals surface area contributed by atoms with Gasteiger partial charge in [-0.1, -0.05) is 17.7 Å². The summed E-state index contributed by atoms with van der Waals surface area (Å²) in [5.74, 6) is -2.80. The molecule has 3 N–H and O–H groups in total. The van der Waals surface area contributed by atoms with Gasteiger partial charge in [0.2, 0.25) is 0 Å². The highest BCUT2D eigenvalue weighted by Gasteiger charge is 2.17. The molecule has 1 amide bonds. The molecule has 19 heavy (non-hydrogen) atoms. The van der Waals surface area contributed by atoms with E-state index >= 15 is 0 Å². The van der Waals surface area contributed by atoms with Gasteiger partial charge in [-0.2, -0.15) is 0 Å². The van der Waals surface area contributed by atoms with E-state index < -0.39 is 23.1 Å². The molecule has 0 aliphatic heterocycles. The van der Waals surface area contributed by atoms with E-state index in [1.165, 1.54) is 24.3 Å². The second kappa shape index (κ2) is 5.24. The highest BCUT2D eigenvalue weighted by Crippen LogP contribution is 2.25. The van der Waals surface area contributed by atoms with Crippen molar-refractivity contribution in [1.82, 2.24) is 0 Å². The van der Waals surface area contributed by atoms with Crippen molar-refractivity contribution in [3.05, 3.63) is 58.6 Å². The van der Waals surface area contributed by atoms with Crippen molar-refractivity contribution in [2.75, 3.05) is 11.1 Å². The van der Waals surface area contributed by atoms with Crippen LogP contribution in [0.1, 0.15) is 10.4 Å². The number of carbonyl (C=O) groups is 1. The first kappa shape index (κ1) is 13.3. The number of carbonyl (C=O) groups excluding carboxylic acids is 1. The number of amides is 1. The second-order valence-electron chi connectivity index (χ2n) is 3.79. The number of rotatable bonds is 2. The first-order chi connectivity index (χ1) is 8.99. The van der Waals surface area contributed by atoms with Crippen LogP contribution in [0.4, 0.5) is 20.2 Å². The summed E-state index contributed by atoms with van der Waals surface area (Å²) >= 11 is 5.86. The van der Waals surface area contributed by atoms with Crippen LogP contribution in [0.3, 0.4) is 0 Å². The van der Waals surface area contributed by atoms with Crippen LogP contribution < -0.4 is 11.1 Å². The van der Waals surface area contributed by atoms with E-state index in [0.29, 0.717) is 5.69 Å². The molecule has 2 rings (SSSR count). The van der Waals surface area contributed by atoms with Gasteiger partial charge in [0.15, 0.2) is 0 Å². The average Bonchev–Trinajstić information content (AvgIpc) is 2.32. The van der Waals surface area contributed by atoms with Crippen molar-refractivity contribution in [2.45, 2.75) is 0 Å². The number of benzene rings is 2. The van der Waals surface area contributed by atoms with Crippen LogP contribution in [0.15, 0.2) is 36.4 Å². The predicted molar refractivity (Wildman–Crippen MR) is 70.2 cm³/mol. The Labute approximate surface area is 113 Å². The largest absolute Gasteiger partial charge is 0.399 e. The maximum atomic E-state index is 13.4. The number of halogens is 3. The third kappa shape index (κ3) is 2.82. The first-order valence-corrected chi connectivity index (χ1v) is 5.67. The minimum Gasteiger partial charge on any atom is -0.399 e. The van der Waals surface area contributed by atoms with E-state index in [-0.39, 0.29) is 10.7 Å². The molecule has 3 nitrogen and oxygen atoms in total. The molecule has 0 aliphatic rings. The summed E-state index contributed by atoms with van der Waals surface area (Å²) in [6, 6.07) is 7.57. The van der Waals surface area contributed by atoms with Crippen molar-refractivity contribution < 1.29 is 13.6 Å². The summed E-state index contributed by atoms with van der Waals surface area (Å²) in [6.45, 7) is 0. The van der Waals surface area contributed by atoms with Gasteiger partial charge in [-0.3, -0.25) is 4.79 Å². The van der Waals surface area contributed by atoms with Gasteiger partial charge in [0, 0.05) is 5.69 Å². The molecular weight excluding hydrogens is 274 g/mol. The van der Waals surface area contributed by atoms with Crippen molar-refractivity contribution in [3.63, 3.8) is 0 Å². The second-order valence-corrected chi connectivity index (χ2v) is 4.20. The van der Waals surface area contributed by atoms with Gasteiger partial charge in [0.05, 0.1) is 10.7 Å². The molecule has 0 spiro atoms. The van der Waals surface area contributed by atoms with E-state index in [9.17, 15) is 13.6 Å². The minimum absolute atomic E-state index is 0.185. The molecular formula is C13H9ClF2N2O. The molecule has 2 aromatic rings. The van der Waals surface area contributed by atoms with Crippen LogP contribution in [-0.4, -0.2) is 5.91 Å². The Bertz CT molecular complexity index is 626. The van der Waals surface area contributed by atoms with Crippen LogP contribution in [0.5, 0.6) is 0 Å². The van der Waals surface area contributed by atoms with Crippen LogP contribution in [0.2, 0.25) is 5.02 Å². The van der Waals surface area contributed by atoms with Crippen LogP contribution >= 0.6 is 11.6 Å². The molecule has 2 aromatic carbocycles. The molecule has 0 aromatic heterocycles. The molecule has 0 aliphatic carbocycles. The predicted octanol–water partition coefficient (Wildman–Crippen LogP) is 3.45. The molecule has 6 heteroatoms. The molecule has 0 bridgehead atoms. The summed E-state index contributed by atoms with van der Waals surface area (Å²) in [6.07, 6.45) is 0. The van der Waals surface area contributed by atoms with E-state index in [4.69, 9.17) is 17.3 Å². The molecule has 0 heterocycles. The lowest BCUT2D eigenvalue weighted by atomic mass is 10.1. The Morgan fingerprint density at radius 3 is 2.37 bits per heavy atom. The third-order valence-electron chi connectivity index (χ3n) is 2.43. The molecule has 0 saturated heterocycles. The fourth-order valence-electron chi connectivity index (χ4n) is 1.53. The Morgan fingerprint density at radius 2 is 1.79 bits per heavy atom. The summed E-state index contributed by atoms with van der Waals surface area (Å²) in [5, 5.41) is 2.51. The standard InChI is InChI=1S/C13H9ClF2N2O/c14-8-6-7(17)4-5-11(8)18-13(19)12-9(15)2-1-3-10(12)16/h1-6H,17H2,(H,18,19). The van der Waals surface area contributed by atoms with E-state index in [1.807, 2.05) is 0 Å².